The van der Waals surface area contributed by atoms with E-state index in [-0.39, 0.29) is 11.8 Å². The van der Waals surface area contributed by atoms with Crippen LogP contribution in [-0.4, -0.2) is 90.1 Å². The molecule has 1 spiro atoms. The number of nitrogens with one attached hydrogen (secondary N) is 1. The van der Waals surface area contributed by atoms with Crippen molar-refractivity contribution < 1.29 is 19.1 Å². The van der Waals surface area contributed by atoms with Gasteiger partial charge in [0.2, 0.25) is 5.91 Å². The van der Waals surface area contributed by atoms with Crippen LogP contribution in [0.2, 0.25) is 0 Å². The predicted octanol–water partition coefficient (Wildman–Crippen LogP) is 0.810. The van der Waals surface area contributed by atoms with Gasteiger partial charge in [0.05, 0.1) is 13.2 Å². The third kappa shape index (κ3) is 3.64. The first-order valence-electron chi connectivity index (χ1n) is 10.7. The van der Waals surface area contributed by atoms with Crippen molar-refractivity contribution in [2.45, 2.75) is 57.0 Å². The number of hydrogen-bond acceptors (Lipinski definition) is 5. The van der Waals surface area contributed by atoms with Crippen LogP contribution in [0.5, 0.6) is 0 Å². The molecule has 3 saturated heterocycles. The Morgan fingerprint density at radius 2 is 1.79 bits per heavy atom. The van der Waals surface area contributed by atoms with Crippen LogP contribution in [0.25, 0.3) is 0 Å². The first kappa shape index (κ1) is 19.6. The van der Waals surface area contributed by atoms with Gasteiger partial charge in [-0.3, -0.25) is 14.5 Å². The minimum absolute atomic E-state index is 0.108. The Morgan fingerprint density at radius 3 is 2.43 bits per heavy atom. The molecule has 0 radical (unpaired) electrons. The van der Waals surface area contributed by atoms with Crippen LogP contribution < -0.4 is 5.32 Å². The molecule has 8 nitrogen and oxygen atoms in total. The van der Waals surface area contributed by atoms with Crippen LogP contribution in [0.3, 0.4) is 0 Å². The molecule has 4 amide bonds. The van der Waals surface area contributed by atoms with E-state index in [0.717, 1.165) is 58.5 Å². The van der Waals surface area contributed by atoms with Gasteiger partial charge in [-0.15, -0.1) is 0 Å². The summed E-state index contributed by atoms with van der Waals surface area (Å²) in [6, 6.07) is -1.14. The van der Waals surface area contributed by atoms with Gasteiger partial charge in [0.1, 0.15) is 11.6 Å². The topological polar surface area (TPSA) is 82.2 Å². The number of ether oxygens (including phenoxy) is 1. The van der Waals surface area contributed by atoms with E-state index < -0.39 is 17.6 Å². The van der Waals surface area contributed by atoms with Crippen LogP contribution >= 0.6 is 0 Å². The quantitative estimate of drug-likeness (QED) is 0.716. The molecule has 1 unspecified atom stereocenters. The number of morpholine rings is 1. The molecular formula is C20H32N4O4. The maximum atomic E-state index is 13.0. The van der Waals surface area contributed by atoms with E-state index in [1.165, 1.54) is 4.90 Å². The smallest absolute Gasteiger partial charge is 0.325 e. The van der Waals surface area contributed by atoms with Crippen LogP contribution in [0.4, 0.5) is 4.79 Å². The second-order valence-electron chi connectivity index (χ2n) is 8.75. The van der Waals surface area contributed by atoms with Gasteiger partial charge in [0.15, 0.2) is 0 Å². The maximum absolute atomic E-state index is 13.0. The van der Waals surface area contributed by atoms with Gasteiger partial charge in [0, 0.05) is 32.7 Å². The SMILES string of the molecule is CC(C(=O)N1CCC(CN2CCOCC2)CC1)N1C(=O)NC2(CCCC2)C1=O. The van der Waals surface area contributed by atoms with Gasteiger partial charge < -0.3 is 15.0 Å². The number of rotatable bonds is 4. The summed E-state index contributed by atoms with van der Waals surface area (Å²) in [7, 11) is 0. The Balaban J connectivity index is 1.31. The molecule has 4 aliphatic rings. The Bertz CT molecular complexity index is 620. The van der Waals surface area contributed by atoms with E-state index in [9.17, 15) is 14.4 Å². The molecule has 0 bridgehead atoms. The van der Waals surface area contributed by atoms with Crippen LogP contribution in [0, 0.1) is 5.92 Å². The largest absolute Gasteiger partial charge is 0.379 e. The van der Waals surface area contributed by atoms with E-state index >= 15 is 0 Å². The van der Waals surface area contributed by atoms with Crippen LogP contribution in [-0.2, 0) is 14.3 Å². The highest BCUT2D eigenvalue weighted by Crippen LogP contribution is 2.36. The molecule has 3 heterocycles. The highest BCUT2D eigenvalue weighted by molar-refractivity contribution is 6.09. The second kappa shape index (κ2) is 7.99. The lowest BCUT2D eigenvalue weighted by molar-refractivity contribution is -0.143. The fraction of sp³-hybridized carbons (Fsp3) is 0.850. The van der Waals surface area contributed by atoms with Gasteiger partial charge >= 0.3 is 6.03 Å². The molecule has 0 aromatic rings. The number of amides is 4. The number of likely N-dealkylation sites (tertiary alicyclic amines) is 1. The fourth-order valence-corrected chi connectivity index (χ4v) is 5.17. The molecule has 3 aliphatic heterocycles. The van der Waals surface area contributed by atoms with Gasteiger partial charge in [0.25, 0.3) is 5.91 Å². The zero-order valence-corrected chi connectivity index (χ0v) is 16.8. The number of urea groups is 1. The van der Waals surface area contributed by atoms with Crippen molar-refractivity contribution in [3.8, 4) is 0 Å². The van der Waals surface area contributed by atoms with Gasteiger partial charge in [-0.1, -0.05) is 12.8 Å². The molecule has 4 rings (SSSR count). The number of imide groups is 1. The molecule has 1 N–H and O–H groups in total. The summed E-state index contributed by atoms with van der Waals surface area (Å²) in [4.78, 5) is 43.8. The first-order valence-corrected chi connectivity index (χ1v) is 10.7. The molecule has 1 aliphatic carbocycles. The Labute approximate surface area is 166 Å². The summed E-state index contributed by atoms with van der Waals surface area (Å²) < 4.78 is 5.41. The Hall–Kier alpha value is -1.67. The van der Waals surface area contributed by atoms with Gasteiger partial charge in [-0.05, 0) is 38.5 Å². The predicted molar refractivity (Wildman–Crippen MR) is 103 cm³/mol. The van der Waals surface area contributed by atoms with E-state index in [2.05, 4.69) is 10.2 Å². The number of carbonyl (C=O) groups excluding carboxylic acids is 3. The standard InChI is InChI=1S/C20H32N4O4/c1-15(24-18(26)20(21-19(24)27)6-2-3-7-20)17(25)23-8-4-16(5-9-23)14-22-10-12-28-13-11-22/h15-16H,2-14H2,1H3,(H,21,27). The third-order valence-corrected chi connectivity index (χ3v) is 6.94. The zero-order chi connectivity index (χ0) is 19.7. The minimum Gasteiger partial charge on any atom is -0.379 e. The third-order valence-electron chi connectivity index (χ3n) is 6.94. The highest BCUT2D eigenvalue weighted by atomic mass is 16.5. The number of piperidine rings is 1. The summed E-state index contributed by atoms with van der Waals surface area (Å²) in [5.41, 5.74) is -0.753. The molecule has 1 saturated carbocycles. The van der Waals surface area contributed by atoms with Crippen LogP contribution in [0.1, 0.15) is 45.4 Å². The van der Waals surface area contributed by atoms with Crippen molar-refractivity contribution in [3.05, 3.63) is 0 Å². The lowest BCUT2D eigenvalue weighted by Crippen LogP contribution is -2.53. The zero-order valence-electron chi connectivity index (χ0n) is 16.8. The summed E-state index contributed by atoms with van der Waals surface area (Å²) in [5.74, 6) is 0.275. The normalized spacial score (nSPS) is 27.5. The van der Waals surface area contributed by atoms with Crippen molar-refractivity contribution >= 4 is 17.8 Å². The van der Waals surface area contributed by atoms with Crippen LogP contribution in [0.15, 0.2) is 0 Å². The molecule has 1 atom stereocenters. The summed E-state index contributed by atoms with van der Waals surface area (Å²) >= 11 is 0. The van der Waals surface area contributed by atoms with Crippen molar-refractivity contribution in [1.82, 2.24) is 20.0 Å². The second-order valence-corrected chi connectivity index (χ2v) is 8.75. The van der Waals surface area contributed by atoms with E-state index in [1.807, 2.05) is 4.90 Å². The van der Waals surface area contributed by atoms with E-state index in [1.54, 1.807) is 6.92 Å². The molecule has 4 fully saturated rings. The molecule has 28 heavy (non-hydrogen) atoms. The van der Waals surface area contributed by atoms with E-state index in [0.29, 0.717) is 31.8 Å². The van der Waals surface area contributed by atoms with Gasteiger partial charge in [-0.25, -0.2) is 9.69 Å². The highest BCUT2D eigenvalue weighted by Gasteiger charge is 2.54. The maximum Gasteiger partial charge on any atom is 0.325 e. The summed E-state index contributed by atoms with van der Waals surface area (Å²) in [6.45, 7) is 7.75. The number of carbonyl (C=O) groups is 3. The number of hydrogen-bond donors (Lipinski definition) is 1. The lowest BCUT2D eigenvalue weighted by Gasteiger charge is -2.37. The van der Waals surface area contributed by atoms with Crippen molar-refractivity contribution in [2.75, 3.05) is 45.9 Å². The monoisotopic (exact) mass is 392 g/mol. The van der Waals surface area contributed by atoms with Gasteiger partial charge in [-0.2, -0.15) is 0 Å². The average molecular weight is 393 g/mol. The summed E-state index contributed by atoms with van der Waals surface area (Å²) in [5, 5.41) is 2.87. The number of nitrogens with zero attached hydrogens (tertiary/aromatic N) is 3. The summed E-state index contributed by atoms with van der Waals surface area (Å²) in [6.07, 6.45) is 5.20. The molecule has 0 aromatic heterocycles. The van der Waals surface area contributed by atoms with Crippen molar-refractivity contribution in [3.63, 3.8) is 0 Å². The van der Waals surface area contributed by atoms with E-state index in [4.69, 9.17) is 4.74 Å². The Morgan fingerprint density at radius 1 is 1.14 bits per heavy atom. The minimum atomic E-state index is -0.753. The Kier molecular flexibility index (Phi) is 5.60. The molecule has 156 valence electrons. The lowest BCUT2D eigenvalue weighted by atomic mass is 9.95. The van der Waals surface area contributed by atoms with Crippen molar-refractivity contribution in [2.24, 2.45) is 5.92 Å². The molecular weight excluding hydrogens is 360 g/mol. The van der Waals surface area contributed by atoms with Crippen molar-refractivity contribution in [1.29, 1.82) is 0 Å². The fourth-order valence-electron chi connectivity index (χ4n) is 5.17. The molecule has 8 heteroatoms. The average Bonchev–Trinajstić information content (AvgIpc) is 3.27. The molecule has 0 aromatic carbocycles. The first-order chi connectivity index (χ1) is 13.5.